The maximum Gasteiger partial charge on any atom is 0.194 e. The lowest BCUT2D eigenvalue weighted by molar-refractivity contribution is 0.390. The largest absolute Gasteiger partial charge is 0.289 e. The van der Waals surface area contributed by atoms with Crippen LogP contribution >= 0.6 is 0 Å². The van der Waals surface area contributed by atoms with Gasteiger partial charge in [0.25, 0.3) is 0 Å². The molecule has 21 heavy (non-hydrogen) atoms. The second kappa shape index (κ2) is 6.10. The van der Waals surface area contributed by atoms with Crippen LogP contribution in [0.1, 0.15) is 16.7 Å². The lowest BCUT2D eigenvalue weighted by atomic mass is 9.94. The van der Waals surface area contributed by atoms with Gasteiger partial charge in [-0.05, 0) is 11.1 Å². The summed E-state index contributed by atoms with van der Waals surface area (Å²) in [6.07, 6.45) is 0. The standard InChI is InChI=1S/C20H15O/c21-20(18-14-8-3-9-15-18)19(16-10-4-1-5-11-16)17-12-6-2-7-13-17/h1-15H. The van der Waals surface area contributed by atoms with Gasteiger partial charge in [0, 0.05) is 11.1 Å². The van der Waals surface area contributed by atoms with Crippen LogP contribution in [0.4, 0.5) is 0 Å². The van der Waals surface area contributed by atoms with Crippen LogP contribution in [0, 0.1) is 0 Å². The van der Waals surface area contributed by atoms with Gasteiger partial charge in [-0.3, -0.25) is 5.11 Å². The molecule has 0 aliphatic heterocycles. The van der Waals surface area contributed by atoms with Gasteiger partial charge in [-0.15, -0.1) is 0 Å². The number of hydrogen-bond donors (Lipinski definition) is 0. The van der Waals surface area contributed by atoms with Crippen molar-refractivity contribution in [2.75, 3.05) is 0 Å². The first kappa shape index (κ1) is 13.2. The average molecular weight is 271 g/mol. The Morgan fingerprint density at radius 2 is 0.810 bits per heavy atom. The van der Waals surface area contributed by atoms with Crippen LogP contribution in [0.5, 0.6) is 0 Å². The molecule has 0 saturated heterocycles. The van der Waals surface area contributed by atoms with E-state index in [1.807, 2.05) is 91.0 Å². The molecule has 101 valence electrons. The van der Waals surface area contributed by atoms with Crippen LogP contribution in [0.15, 0.2) is 91.0 Å². The molecule has 3 rings (SSSR count). The van der Waals surface area contributed by atoms with Crippen molar-refractivity contribution < 1.29 is 5.11 Å². The first-order chi connectivity index (χ1) is 10.4. The molecule has 1 radical (unpaired) electrons. The van der Waals surface area contributed by atoms with E-state index in [9.17, 15) is 5.11 Å². The molecule has 1 nitrogen and oxygen atoms in total. The first-order valence-electron chi connectivity index (χ1n) is 6.94. The second-order valence-electron chi connectivity index (χ2n) is 4.80. The molecule has 0 amide bonds. The van der Waals surface area contributed by atoms with Crippen molar-refractivity contribution in [2.24, 2.45) is 0 Å². The molecular formula is C20H15O. The first-order valence-corrected chi connectivity index (χ1v) is 6.94. The van der Waals surface area contributed by atoms with E-state index in [0.717, 1.165) is 16.7 Å². The Labute approximate surface area is 124 Å². The summed E-state index contributed by atoms with van der Waals surface area (Å²) in [6.45, 7) is 0. The van der Waals surface area contributed by atoms with Crippen molar-refractivity contribution in [3.05, 3.63) is 108 Å². The summed E-state index contributed by atoms with van der Waals surface area (Å²) in [7, 11) is 0. The van der Waals surface area contributed by atoms with E-state index in [2.05, 4.69) is 0 Å². The van der Waals surface area contributed by atoms with Crippen LogP contribution in [0.25, 0.3) is 11.3 Å². The lowest BCUT2D eigenvalue weighted by Crippen LogP contribution is -1.93. The molecule has 0 aliphatic carbocycles. The third-order valence-corrected chi connectivity index (χ3v) is 3.39. The van der Waals surface area contributed by atoms with Gasteiger partial charge in [0.2, 0.25) is 0 Å². The molecule has 0 spiro atoms. The topological polar surface area (TPSA) is 19.9 Å². The molecule has 0 unspecified atom stereocenters. The Kier molecular flexibility index (Phi) is 3.83. The summed E-state index contributed by atoms with van der Waals surface area (Å²) in [4.78, 5) is 0. The monoisotopic (exact) mass is 271 g/mol. The Hall–Kier alpha value is -2.80. The highest BCUT2D eigenvalue weighted by Crippen LogP contribution is 2.30. The van der Waals surface area contributed by atoms with Crippen LogP contribution in [0.3, 0.4) is 0 Å². The van der Waals surface area contributed by atoms with Gasteiger partial charge < -0.3 is 0 Å². The zero-order valence-electron chi connectivity index (χ0n) is 11.6. The summed E-state index contributed by atoms with van der Waals surface area (Å²) >= 11 is 0. The molecule has 1 heteroatoms. The van der Waals surface area contributed by atoms with Crippen LogP contribution < -0.4 is 0 Å². The maximum absolute atomic E-state index is 12.9. The summed E-state index contributed by atoms with van der Waals surface area (Å²) < 4.78 is 0. The van der Waals surface area contributed by atoms with Crippen LogP contribution in [0.2, 0.25) is 0 Å². The van der Waals surface area contributed by atoms with Gasteiger partial charge in [0.05, 0.1) is 0 Å². The third kappa shape index (κ3) is 2.87. The third-order valence-electron chi connectivity index (χ3n) is 3.39. The smallest absolute Gasteiger partial charge is 0.194 e. The molecule has 0 aromatic heterocycles. The fourth-order valence-corrected chi connectivity index (χ4v) is 2.37. The predicted molar refractivity (Wildman–Crippen MR) is 85.9 cm³/mol. The predicted octanol–water partition coefficient (Wildman–Crippen LogP) is 5.03. The zero-order chi connectivity index (χ0) is 14.5. The van der Waals surface area contributed by atoms with E-state index in [4.69, 9.17) is 0 Å². The Balaban J connectivity index is 2.22. The zero-order valence-corrected chi connectivity index (χ0v) is 11.6. The van der Waals surface area contributed by atoms with Crippen molar-refractivity contribution in [1.29, 1.82) is 0 Å². The molecule has 0 fully saturated rings. The minimum atomic E-state index is 0.0491. The van der Waals surface area contributed by atoms with E-state index in [1.54, 1.807) is 0 Å². The average Bonchev–Trinajstić information content (AvgIpc) is 2.58. The summed E-state index contributed by atoms with van der Waals surface area (Å²) in [5.74, 6) is 0.0491. The summed E-state index contributed by atoms with van der Waals surface area (Å²) in [5.41, 5.74) is 3.33. The Morgan fingerprint density at radius 3 is 1.19 bits per heavy atom. The Bertz CT molecular complexity index is 687. The van der Waals surface area contributed by atoms with Gasteiger partial charge in [-0.1, -0.05) is 91.0 Å². The molecule has 0 saturated carbocycles. The summed E-state index contributed by atoms with van der Waals surface area (Å²) in [6, 6.07) is 29.0. The van der Waals surface area contributed by atoms with Gasteiger partial charge in [0.1, 0.15) is 0 Å². The molecule has 0 N–H and O–H groups in total. The quantitative estimate of drug-likeness (QED) is 0.470. The summed E-state index contributed by atoms with van der Waals surface area (Å²) in [5, 5.41) is 12.9. The molecule has 0 bridgehead atoms. The highest BCUT2D eigenvalue weighted by Gasteiger charge is 2.14. The van der Waals surface area contributed by atoms with Gasteiger partial charge in [0.15, 0.2) is 5.76 Å². The van der Waals surface area contributed by atoms with E-state index in [-0.39, 0.29) is 5.76 Å². The number of hydrogen-bond acceptors (Lipinski definition) is 0. The van der Waals surface area contributed by atoms with Crippen LogP contribution in [-0.2, 0) is 5.11 Å². The molecule has 3 aromatic carbocycles. The highest BCUT2D eigenvalue weighted by molar-refractivity contribution is 5.95. The van der Waals surface area contributed by atoms with E-state index in [1.165, 1.54) is 0 Å². The lowest BCUT2D eigenvalue weighted by Gasteiger charge is -2.10. The number of benzene rings is 3. The fraction of sp³-hybridized carbons (Fsp3) is 0. The SMILES string of the molecule is [O]C(=C(c1ccccc1)c1ccccc1)c1ccccc1. The van der Waals surface area contributed by atoms with Crippen molar-refractivity contribution in [2.45, 2.75) is 0 Å². The van der Waals surface area contributed by atoms with E-state index >= 15 is 0 Å². The maximum atomic E-state index is 12.9. The van der Waals surface area contributed by atoms with Gasteiger partial charge in [-0.25, -0.2) is 0 Å². The molecule has 0 atom stereocenters. The van der Waals surface area contributed by atoms with Gasteiger partial charge >= 0.3 is 0 Å². The minimum Gasteiger partial charge on any atom is -0.289 e. The second-order valence-corrected chi connectivity index (χ2v) is 4.80. The highest BCUT2D eigenvalue weighted by atomic mass is 16.3. The molecule has 3 aromatic rings. The molecular weight excluding hydrogens is 256 g/mol. The van der Waals surface area contributed by atoms with Crippen molar-refractivity contribution >= 4 is 11.3 Å². The molecule has 0 heterocycles. The van der Waals surface area contributed by atoms with Crippen molar-refractivity contribution in [1.82, 2.24) is 0 Å². The fourth-order valence-electron chi connectivity index (χ4n) is 2.37. The normalized spacial score (nSPS) is 10.1. The Morgan fingerprint density at radius 1 is 0.476 bits per heavy atom. The van der Waals surface area contributed by atoms with Crippen molar-refractivity contribution in [3.8, 4) is 0 Å². The van der Waals surface area contributed by atoms with E-state index < -0.39 is 0 Å². The molecule has 0 aliphatic rings. The van der Waals surface area contributed by atoms with Crippen LogP contribution in [-0.4, -0.2) is 0 Å². The van der Waals surface area contributed by atoms with Gasteiger partial charge in [-0.2, -0.15) is 0 Å². The minimum absolute atomic E-state index is 0.0491. The van der Waals surface area contributed by atoms with E-state index in [0.29, 0.717) is 5.56 Å². The number of rotatable bonds is 3. The van der Waals surface area contributed by atoms with Crippen molar-refractivity contribution in [3.63, 3.8) is 0 Å².